The Morgan fingerprint density at radius 1 is 0.897 bits per heavy atom. The Morgan fingerprint density at radius 3 is 1.66 bits per heavy atom. The van der Waals surface area contributed by atoms with Gasteiger partial charge in [-0.3, -0.25) is 0 Å². The van der Waals surface area contributed by atoms with Crippen LogP contribution in [0.15, 0.2) is 61.2 Å². The van der Waals surface area contributed by atoms with Crippen molar-refractivity contribution >= 4 is 10.0 Å². The highest BCUT2D eigenvalue weighted by Gasteiger charge is 2.32. The van der Waals surface area contributed by atoms with Gasteiger partial charge in [0.25, 0.3) is 0 Å². The average Bonchev–Trinajstić information content (AvgIpc) is 2.73. The molecule has 2 atom stereocenters. The summed E-state index contributed by atoms with van der Waals surface area (Å²) in [4.78, 5) is 0. The van der Waals surface area contributed by atoms with Gasteiger partial charge in [0, 0.05) is 13.1 Å². The van der Waals surface area contributed by atoms with Gasteiger partial charge >= 0.3 is 0 Å². The van der Waals surface area contributed by atoms with E-state index in [9.17, 15) is 8.42 Å². The van der Waals surface area contributed by atoms with E-state index in [-0.39, 0.29) is 5.92 Å². The van der Waals surface area contributed by atoms with Crippen molar-refractivity contribution in [1.29, 1.82) is 0 Å². The van der Waals surface area contributed by atoms with Crippen LogP contribution >= 0.6 is 0 Å². The molecule has 5 nitrogen and oxygen atoms in total. The summed E-state index contributed by atoms with van der Waals surface area (Å²) in [6.07, 6.45) is 2.42. The summed E-state index contributed by atoms with van der Waals surface area (Å²) in [5.74, 6) is 1.46. The first-order valence-corrected chi connectivity index (χ1v) is 11.2. The van der Waals surface area contributed by atoms with Crippen LogP contribution in [0.1, 0.15) is 31.4 Å². The molecule has 158 valence electrons. The number of benzene rings is 2. The minimum atomic E-state index is -3.53. The normalized spacial score (nSPS) is 13.7. The summed E-state index contributed by atoms with van der Waals surface area (Å²) >= 11 is 0. The predicted molar refractivity (Wildman–Crippen MR) is 118 cm³/mol. The molecular weight excluding hydrogens is 386 g/mol. The third-order valence-electron chi connectivity index (χ3n) is 5.21. The zero-order chi connectivity index (χ0) is 21.4. The van der Waals surface area contributed by atoms with Crippen molar-refractivity contribution in [2.75, 3.05) is 14.2 Å². The first-order chi connectivity index (χ1) is 13.8. The Balaban J connectivity index is 2.32. The molecule has 2 aromatic carbocycles. The van der Waals surface area contributed by atoms with Gasteiger partial charge in [-0.05, 0) is 54.7 Å². The zero-order valence-corrected chi connectivity index (χ0v) is 18.5. The van der Waals surface area contributed by atoms with Crippen LogP contribution in [0.5, 0.6) is 11.5 Å². The molecule has 0 unspecified atom stereocenters. The highest BCUT2D eigenvalue weighted by Crippen LogP contribution is 2.25. The van der Waals surface area contributed by atoms with Crippen molar-refractivity contribution in [2.24, 2.45) is 5.92 Å². The molecule has 6 heteroatoms. The Morgan fingerprint density at radius 2 is 1.31 bits per heavy atom. The molecule has 0 aliphatic heterocycles. The van der Waals surface area contributed by atoms with Crippen molar-refractivity contribution in [3.8, 4) is 11.5 Å². The van der Waals surface area contributed by atoms with Crippen molar-refractivity contribution in [3.63, 3.8) is 0 Å². The Labute approximate surface area is 175 Å². The van der Waals surface area contributed by atoms with Crippen LogP contribution < -0.4 is 9.47 Å². The number of methoxy groups -OCH3 is 2. The lowest BCUT2D eigenvalue weighted by atomic mass is 10.1. The number of rotatable bonds is 11. The number of nitrogens with zero attached hydrogens (tertiary/aromatic N) is 1. The van der Waals surface area contributed by atoms with E-state index in [0.717, 1.165) is 22.6 Å². The van der Waals surface area contributed by atoms with E-state index in [0.29, 0.717) is 19.5 Å². The number of hydrogen-bond acceptors (Lipinski definition) is 4. The first kappa shape index (κ1) is 23.0. The van der Waals surface area contributed by atoms with Crippen LogP contribution in [0.4, 0.5) is 0 Å². The van der Waals surface area contributed by atoms with Crippen LogP contribution in [0.3, 0.4) is 0 Å². The van der Waals surface area contributed by atoms with Gasteiger partial charge in [-0.15, -0.1) is 6.58 Å². The van der Waals surface area contributed by atoms with Gasteiger partial charge in [-0.1, -0.05) is 37.3 Å². The smallest absolute Gasteiger partial charge is 0.217 e. The topological polar surface area (TPSA) is 55.8 Å². The lowest BCUT2D eigenvalue weighted by Gasteiger charge is -2.29. The second kappa shape index (κ2) is 10.5. The molecule has 0 fully saturated rings. The van der Waals surface area contributed by atoms with E-state index in [4.69, 9.17) is 9.47 Å². The molecule has 29 heavy (non-hydrogen) atoms. The van der Waals surface area contributed by atoms with Gasteiger partial charge in [-0.25, -0.2) is 8.42 Å². The molecule has 0 spiro atoms. The van der Waals surface area contributed by atoms with Gasteiger partial charge in [0.15, 0.2) is 0 Å². The number of allylic oxidation sites excluding steroid dienone is 1. The van der Waals surface area contributed by atoms with Gasteiger partial charge in [0.1, 0.15) is 11.5 Å². The molecule has 0 N–H and O–H groups in total. The quantitative estimate of drug-likeness (QED) is 0.500. The Hall–Kier alpha value is -2.31. The Bertz CT molecular complexity index is 827. The second-order valence-corrected chi connectivity index (χ2v) is 9.51. The van der Waals surface area contributed by atoms with Crippen molar-refractivity contribution < 1.29 is 17.9 Å². The fraction of sp³-hybridized carbons (Fsp3) is 0.391. The van der Waals surface area contributed by atoms with Crippen LogP contribution in [0, 0.1) is 5.92 Å². The molecule has 0 heterocycles. The monoisotopic (exact) mass is 417 g/mol. The highest BCUT2D eigenvalue weighted by molar-refractivity contribution is 7.89. The van der Waals surface area contributed by atoms with E-state index in [2.05, 4.69) is 6.58 Å². The second-order valence-electron chi connectivity index (χ2n) is 7.22. The molecule has 0 saturated heterocycles. The molecule has 2 rings (SSSR count). The maximum Gasteiger partial charge on any atom is 0.217 e. The summed E-state index contributed by atoms with van der Waals surface area (Å²) in [6, 6.07) is 15.0. The van der Waals surface area contributed by atoms with Crippen molar-refractivity contribution in [2.45, 2.75) is 38.6 Å². The predicted octanol–water partition coefficient (Wildman–Crippen LogP) is 4.64. The highest BCUT2D eigenvalue weighted by atomic mass is 32.2. The van der Waals surface area contributed by atoms with Gasteiger partial charge < -0.3 is 9.47 Å². The molecule has 0 amide bonds. The molecule has 0 aromatic heterocycles. The maximum absolute atomic E-state index is 13.4. The van der Waals surface area contributed by atoms with Crippen LogP contribution in [-0.2, 0) is 23.1 Å². The Kier molecular flexibility index (Phi) is 8.29. The fourth-order valence-corrected chi connectivity index (χ4v) is 4.91. The minimum Gasteiger partial charge on any atom is -0.497 e. The van der Waals surface area contributed by atoms with E-state index in [1.807, 2.05) is 55.5 Å². The van der Waals surface area contributed by atoms with Crippen LogP contribution in [-0.4, -0.2) is 32.2 Å². The largest absolute Gasteiger partial charge is 0.497 e. The SMILES string of the molecule is C=CC[C@H](C)[C@H](C)S(=O)(=O)N(Cc1ccc(OC)cc1)Cc1ccc(OC)cc1. The summed E-state index contributed by atoms with van der Waals surface area (Å²) in [5, 5.41) is -0.517. The van der Waals surface area contributed by atoms with E-state index >= 15 is 0 Å². The number of ether oxygens (including phenoxy) is 2. The summed E-state index contributed by atoms with van der Waals surface area (Å²) in [5.41, 5.74) is 1.82. The van der Waals surface area contributed by atoms with Crippen LogP contribution in [0.25, 0.3) is 0 Å². The third kappa shape index (κ3) is 6.08. The molecular formula is C23H31NO4S. The third-order valence-corrected chi connectivity index (χ3v) is 7.59. The van der Waals surface area contributed by atoms with Crippen LogP contribution in [0.2, 0.25) is 0 Å². The summed E-state index contributed by atoms with van der Waals surface area (Å²) in [7, 11) is -0.309. The van der Waals surface area contributed by atoms with Gasteiger partial charge in [-0.2, -0.15) is 4.31 Å². The maximum atomic E-state index is 13.4. The first-order valence-electron chi connectivity index (χ1n) is 9.67. The summed E-state index contributed by atoms with van der Waals surface area (Å²) in [6.45, 7) is 8.06. The summed E-state index contributed by atoms with van der Waals surface area (Å²) < 4.78 is 38.8. The molecule has 0 radical (unpaired) electrons. The van der Waals surface area contributed by atoms with Gasteiger partial charge in [0.2, 0.25) is 10.0 Å². The lowest BCUT2D eigenvalue weighted by molar-refractivity contribution is 0.381. The molecule has 0 aliphatic rings. The number of sulfonamides is 1. The lowest BCUT2D eigenvalue weighted by Crippen LogP contribution is -2.39. The van der Waals surface area contributed by atoms with Crippen molar-refractivity contribution in [3.05, 3.63) is 72.3 Å². The molecule has 0 saturated carbocycles. The van der Waals surface area contributed by atoms with E-state index in [1.165, 1.54) is 0 Å². The van der Waals surface area contributed by atoms with E-state index < -0.39 is 15.3 Å². The number of hydrogen-bond donors (Lipinski definition) is 0. The standard InChI is InChI=1S/C23H31NO4S/c1-6-7-18(2)19(3)29(25,26)24(16-20-8-12-22(27-4)13-9-20)17-21-10-14-23(28-5)15-11-21/h6,8-15,18-19H,1,7,16-17H2,2-5H3/t18-,19-/m0/s1. The zero-order valence-electron chi connectivity index (χ0n) is 17.7. The van der Waals surface area contributed by atoms with Gasteiger partial charge in [0.05, 0.1) is 19.5 Å². The minimum absolute atomic E-state index is 0.0215. The average molecular weight is 418 g/mol. The molecule has 0 bridgehead atoms. The molecule has 2 aromatic rings. The van der Waals surface area contributed by atoms with Crippen molar-refractivity contribution in [1.82, 2.24) is 4.31 Å². The fourth-order valence-electron chi connectivity index (χ4n) is 3.09. The van der Waals surface area contributed by atoms with E-state index in [1.54, 1.807) is 31.5 Å². The molecule has 0 aliphatic carbocycles.